The first kappa shape index (κ1) is 11.5. The summed E-state index contributed by atoms with van der Waals surface area (Å²) in [6.07, 6.45) is 1.98. The number of nitrogens with two attached hydrogens (primary N) is 1. The van der Waals surface area contributed by atoms with Crippen molar-refractivity contribution in [2.75, 3.05) is 12.8 Å². The molecule has 2 N–H and O–H groups in total. The summed E-state index contributed by atoms with van der Waals surface area (Å²) >= 11 is 0. The van der Waals surface area contributed by atoms with Crippen molar-refractivity contribution in [2.45, 2.75) is 12.8 Å². The highest BCUT2D eigenvalue weighted by Gasteiger charge is 2.01. The molecule has 0 bridgehead atoms. The molecule has 0 aromatic heterocycles. The van der Waals surface area contributed by atoms with Gasteiger partial charge < -0.3 is 10.5 Å². The SMILES string of the molecule is COc1ccccc1CCc1ccc(N)cc1. The van der Waals surface area contributed by atoms with Crippen LogP contribution in [0.5, 0.6) is 5.75 Å². The molecule has 17 heavy (non-hydrogen) atoms. The Morgan fingerprint density at radius 2 is 1.65 bits per heavy atom. The van der Waals surface area contributed by atoms with E-state index in [-0.39, 0.29) is 0 Å². The van der Waals surface area contributed by atoms with E-state index in [1.807, 2.05) is 30.3 Å². The van der Waals surface area contributed by atoms with Crippen molar-refractivity contribution in [1.82, 2.24) is 0 Å². The molecule has 0 saturated carbocycles. The normalized spacial score (nSPS) is 10.2. The Labute approximate surface area is 102 Å². The number of anilines is 1. The predicted octanol–water partition coefficient (Wildman–Crippen LogP) is 3.06. The van der Waals surface area contributed by atoms with Crippen LogP contribution in [-0.2, 0) is 12.8 Å². The van der Waals surface area contributed by atoms with E-state index >= 15 is 0 Å². The number of aryl methyl sites for hydroxylation is 2. The number of methoxy groups -OCH3 is 1. The van der Waals surface area contributed by atoms with E-state index in [9.17, 15) is 0 Å². The van der Waals surface area contributed by atoms with Gasteiger partial charge in [0.05, 0.1) is 7.11 Å². The molecule has 0 saturated heterocycles. The van der Waals surface area contributed by atoms with E-state index in [0.29, 0.717) is 0 Å². The lowest BCUT2D eigenvalue weighted by Gasteiger charge is -2.08. The average molecular weight is 227 g/mol. The van der Waals surface area contributed by atoms with E-state index in [0.717, 1.165) is 24.3 Å². The summed E-state index contributed by atoms with van der Waals surface area (Å²) in [6.45, 7) is 0. The summed E-state index contributed by atoms with van der Waals surface area (Å²) < 4.78 is 5.33. The number of hydrogen-bond donors (Lipinski definition) is 1. The number of para-hydroxylation sites is 1. The zero-order valence-corrected chi connectivity index (χ0v) is 10.0. The van der Waals surface area contributed by atoms with Crippen molar-refractivity contribution in [3.63, 3.8) is 0 Å². The van der Waals surface area contributed by atoms with Crippen LogP contribution in [0.3, 0.4) is 0 Å². The molecule has 0 aliphatic heterocycles. The number of hydrogen-bond acceptors (Lipinski definition) is 2. The van der Waals surface area contributed by atoms with Gasteiger partial charge in [-0.1, -0.05) is 30.3 Å². The fraction of sp³-hybridized carbons (Fsp3) is 0.200. The van der Waals surface area contributed by atoms with Crippen molar-refractivity contribution in [3.8, 4) is 5.75 Å². The first-order valence-electron chi connectivity index (χ1n) is 5.76. The highest BCUT2D eigenvalue weighted by Crippen LogP contribution is 2.19. The maximum Gasteiger partial charge on any atom is 0.122 e. The van der Waals surface area contributed by atoms with Crippen LogP contribution in [0, 0.1) is 0 Å². The third-order valence-electron chi connectivity index (χ3n) is 2.86. The zero-order valence-electron chi connectivity index (χ0n) is 10.0. The molecule has 0 aliphatic carbocycles. The highest BCUT2D eigenvalue weighted by molar-refractivity contribution is 5.40. The molecule has 0 radical (unpaired) electrons. The lowest BCUT2D eigenvalue weighted by Crippen LogP contribution is -1.95. The molecule has 88 valence electrons. The van der Waals surface area contributed by atoms with Crippen molar-refractivity contribution < 1.29 is 4.74 Å². The number of ether oxygens (including phenoxy) is 1. The smallest absolute Gasteiger partial charge is 0.122 e. The number of rotatable bonds is 4. The maximum absolute atomic E-state index is 5.66. The number of benzene rings is 2. The standard InChI is InChI=1S/C15H17NO/c1-17-15-5-3-2-4-13(15)9-6-12-7-10-14(16)11-8-12/h2-5,7-8,10-11H,6,9,16H2,1H3. The molecule has 0 spiro atoms. The van der Waals surface area contributed by atoms with Crippen molar-refractivity contribution in [1.29, 1.82) is 0 Å². The van der Waals surface area contributed by atoms with Gasteiger partial charge in [0.25, 0.3) is 0 Å². The fourth-order valence-corrected chi connectivity index (χ4v) is 1.87. The van der Waals surface area contributed by atoms with Gasteiger partial charge in [-0.2, -0.15) is 0 Å². The molecule has 2 rings (SSSR count). The second-order valence-electron chi connectivity index (χ2n) is 4.05. The maximum atomic E-state index is 5.66. The van der Waals surface area contributed by atoms with Gasteiger partial charge in [-0.05, 0) is 42.2 Å². The van der Waals surface area contributed by atoms with E-state index < -0.39 is 0 Å². The molecule has 0 fully saturated rings. The fourth-order valence-electron chi connectivity index (χ4n) is 1.87. The van der Waals surface area contributed by atoms with Crippen LogP contribution in [0.4, 0.5) is 5.69 Å². The first-order valence-corrected chi connectivity index (χ1v) is 5.76. The van der Waals surface area contributed by atoms with Gasteiger partial charge in [0.2, 0.25) is 0 Å². The third kappa shape index (κ3) is 3.00. The molecule has 2 nitrogen and oxygen atoms in total. The molecule has 2 heteroatoms. The molecule has 0 heterocycles. The van der Waals surface area contributed by atoms with Crippen molar-refractivity contribution in [3.05, 3.63) is 59.7 Å². The van der Waals surface area contributed by atoms with E-state index in [1.165, 1.54) is 11.1 Å². The van der Waals surface area contributed by atoms with Gasteiger partial charge in [0, 0.05) is 5.69 Å². The van der Waals surface area contributed by atoms with Crippen molar-refractivity contribution >= 4 is 5.69 Å². The summed E-state index contributed by atoms with van der Waals surface area (Å²) in [5.74, 6) is 0.961. The van der Waals surface area contributed by atoms with Gasteiger partial charge in [-0.15, -0.1) is 0 Å². The minimum Gasteiger partial charge on any atom is -0.496 e. The van der Waals surface area contributed by atoms with Crippen LogP contribution in [0.1, 0.15) is 11.1 Å². The quantitative estimate of drug-likeness (QED) is 0.815. The van der Waals surface area contributed by atoms with Crippen molar-refractivity contribution in [2.24, 2.45) is 0 Å². The Bertz CT molecular complexity index is 477. The molecule has 0 aliphatic rings. The van der Waals surface area contributed by atoms with Crippen LogP contribution in [0.2, 0.25) is 0 Å². The average Bonchev–Trinajstić information content (AvgIpc) is 2.38. The molecule has 2 aromatic rings. The summed E-state index contributed by atoms with van der Waals surface area (Å²) in [5.41, 5.74) is 9.01. The van der Waals surface area contributed by atoms with Gasteiger partial charge in [-0.3, -0.25) is 0 Å². The minimum absolute atomic E-state index is 0.811. The summed E-state index contributed by atoms with van der Waals surface area (Å²) in [5, 5.41) is 0. The van der Waals surface area contributed by atoms with Crippen LogP contribution < -0.4 is 10.5 Å². The van der Waals surface area contributed by atoms with Crippen LogP contribution >= 0.6 is 0 Å². The monoisotopic (exact) mass is 227 g/mol. The highest BCUT2D eigenvalue weighted by atomic mass is 16.5. The number of nitrogen functional groups attached to an aromatic ring is 1. The van der Waals surface area contributed by atoms with Crippen LogP contribution in [0.15, 0.2) is 48.5 Å². The largest absolute Gasteiger partial charge is 0.496 e. The summed E-state index contributed by atoms with van der Waals surface area (Å²) in [4.78, 5) is 0. The van der Waals surface area contributed by atoms with Gasteiger partial charge in [0.15, 0.2) is 0 Å². The van der Waals surface area contributed by atoms with Gasteiger partial charge in [0.1, 0.15) is 5.75 Å². The Kier molecular flexibility index (Phi) is 3.66. The van der Waals surface area contributed by atoms with Crippen LogP contribution in [0.25, 0.3) is 0 Å². The van der Waals surface area contributed by atoms with E-state index in [4.69, 9.17) is 10.5 Å². The van der Waals surface area contributed by atoms with E-state index in [1.54, 1.807) is 7.11 Å². The second-order valence-corrected chi connectivity index (χ2v) is 4.05. The molecule has 0 amide bonds. The van der Waals surface area contributed by atoms with Crippen LogP contribution in [-0.4, -0.2) is 7.11 Å². The van der Waals surface area contributed by atoms with Gasteiger partial charge in [-0.25, -0.2) is 0 Å². The molecular formula is C15H17NO. The Balaban J connectivity index is 2.04. The van der Waals surface area contributed by atoms with Gasteiger partial charge >= 0.3 is 0 Å². The molecule has 0 atom stereocenters. The lowest BCUT2D eigenvalue weighted by atomic mass is 10.0. The second kappa shape index (κ2) is 5.39. The zero-order chi connectivity index (χ0) is 12.1. The minimum atomic E-state index is 0.811. The molecular weight excluding hydrogens is 210 g/mol. The Hall–Kier alpha value is -1.96. The lowest BCUT2D eigenvalue weighted by molar-refractivity contribution is 0.409. The Morgan fingerprint density at radius 3 is 2.35 bits per heavy atom. The van der Waals surface area contributed by atoms with E-state index in [2.05, 4.69) is 18.2 Å². The molecule has 0 unspecified atom stereocenters. The Morgan fingerprint density at radius 1 is 0.941 bits per heavy atom. The summed E-state index contributed by atoms with van der Waals surface area (Å²) in [6, 6.07) is 16.2. The predicted molar refractivity (Wildman–Crippen MR) is 71.3 cm³/mol. The molecule has 2 aromatic carbocycles. The topological polar surface area (TPSA) is 35.2 Å². The summed E-state index contributed by atoms with van der Waals surface area (Å²) in [7, 11) is 1.71. The first-order chi connectivity index (χ1) is 8.29. The third-order valence-corrected chi connectivity index (χ3v) is 2.86.